The van der Waals surface area contributed by atoms with Crippen LogP contribution in [0.1, 0.15) is 25.8 Å². The quantitative estimate of drug-likeness (QED) is 0.826. The predicted octanol–water partition coefficient (Wildman–Crippen LogP) is 3.03. The molecule has 0 radical (unpaired) electrons. The Balaban J connectivity index is 2.00. The van der Waals surface area contributed by atoms with Gasteiger partial charge in [0, 0.05) is 36.9 Å². The fourth-order valence-electron chi connectivity index (χ4n) is 3.20. The van der Waals surface area contributed by atoms with Gasteiger partial charge in [0.1, 0.15) is 0 Å². The fraction of sp³-hybridized carbons (Fsp3) is 0.611. The van der Waals surface area contributed by atoms with Crippen LogP contribution >= 0.6 is 11.6 Å². The van der Waals surface area contributed by atoms with Crippen LogP contribution in [0.5, 0.6) is 0 Å². The summed E-state index contributed by atoms with van der Waals surface area (Å²) in [6.45, 7) is 10.4. The van der Waals surface area contributed by atoms with Gasteiger partial charge in [-0.2, -0.15) is 0 Å². The van der Waals surface area contributed by atoms with E-state index in [0.29, 0.717) is 0 Å². The largest absolute Gasteiger partial charge is 0.368 e. The second-order valence-electron chi connectivity index (χ2n) is 6.24. The van der Waals surface area contributed by atoms with Crippen LogP contribution in [0.25, 0.3) is 0 Å². The monoisotopic (exact) mass is 337 g/mol. The smallest absolute Gasteiger partial charge is 0.240 e. The average molecular weight is 338 g/mol. The number of likely N-dealkylation sites (N-methyl/N-ethyl adjacent to an activating group) is 1. The Morgan fingerprint density at radius 2 is 1.91 bits per heavy atom. The number of anilines is 1. The van der Waals surface area contributed by atoms with Gasteiger partial charge in [-0.15, -0.1) is 0 Å². The van der Waals surface area contributed by atoms with Crippen LogP contribution < -0.4 is 4.90 Å². The highest BCUT2D eigenvalue weighted by molar-refractivity contribution is 6.30. The van der Waals surface area contributed by atoms with Gasteiger partial charge in [0.25, 0.3) is 0 Å². The molecular formula is C18H28ClN3O. The summed E-state index contributed by atoms with van der Waals surface area (Å²) in [4.78, 5) is 19.2. The van der Waals surface area contributed by atoms with Crippen molar-refractivity contribution < 1.29 is 4.79 Å². The van der Waals surface area contributed by atoms with Crippen molar-refractivity contribution in [2.75, 3.05) is 44.7 Å². The lowest BCUT2D eigenvalue weighted by molar-refractivity contribution is -0.136. The molecule has 5 heteroatoms. The van der Waals surface area contributed by atoms with Gasteiger partial charge in [0.15, 0.2) is 0 Å². The highest BCUT2D eigenvalue weighted by Crippen LogP contribution is 2.25. The predicted molar refractivity (Wildman–Crippen MR) is 97.4 cm³/mol. The molecule has 1 aliphatic heterocycles. The summed E-state index contributed by atoms with van der Waals surface area (Å²) in [6, 6.07) is 6.00. The van der Waals surface area contributed by atoms with E-state index in [1.807, 2.05) is 24.1 Å². The van der Waals surface area contributed by atoms with E-state index in [4.69, 9.17) is 11.6 Å². The standard InChI is InChI=1S/C18H28ClN3O/c1-5-16(20(4)6-2)18(23)22-11-9-21(10-12-22)17-13-15(19)8-7-14(17)3/h7-8,13,16H,5-6,9-12H2,1-4H3. The Kier molecular flexibility index (Phi) is 6.31. The molecule has 1 aromatic carbocycles. The third-order valence-corrected chi connectivity index (χ3v) is 5.04. The van der Waals surface area contributed by atoms with Crippen molar-refractivity contribution in [2.45, 2.75) is 33.2 Å². The molecular weight excluding hydrogens is 310 g/mol. The molecule has 0 spiro atoms. The molecule has 1 heterocycles. The van der Waals surface area contributed by atoms with Gasteiger partial charge >= 0.3 is 0 Å². The number of aryl methyl sites for hydroxylation is 1. The van der Waals surface area contributed by atoms with Crippen LogP contribution in [0.4, 0.5) is 5.69 Å². The Morgan fingerprint density at radius 1 is 1.26 bits per heavy atom. The van der Waals surface area contributed by atoms with Gasteiger partial charge in [-0.3, -0.25) is 9.69 Å². The third-order valence-electron chi connectivity index (χ3n) is 4.81. The Morgan fingerprint density at radius 3 is 2.48 bits per heavy atom. The minimum atomic E-state index is -0.000504. The molecule has 1 saturated heterocycles. The number of benzene rings is 1. The minimum absolute atomic E-state index is 0.000504. The zero-order valence-corrected chi connectivity index (χ0v) is 15.4. The number of carbonyl (C=O) groups excluding carboxylic acids is 1. The molecule has 1 unspecified atom stereocenters. The number of hydrogen-bond acceptors (Lipinski definition) is 3. The second kappa shape index (κ2) is 8.02. The molecule has 1 fully saturated rings. The van der Waals surface area contributed by atoms with E-state index in [9.17, 15) is 4.79 Å². The number of hydrogen-bond donors (Lipinski definition) is 0. The molecule has 0 aliphatic carbocycles. The number of rotatable bonds is 5. The number of amides is 1. The Hall–Kier alpha value is -1.26. The van der Waals surface area contributed by atoms with Gasteiger partial charge in [-0.25, -0.2) is 0 Å². The summed E-state index contributed by atoms with van der Waals surface area (Å²) in [6.07, 6.45) is 0.858. The molecule has 1 atom stereocenters. The van der Waals surface area contributed by atoms with E-state index in [1.165, 1.54) is 11.3 Å². The summed E-state index contributed by atoms with van der Waals surface area (Å²) >= 11 is 6.13. The van der Waals surface area contributed by atoms with Gasteiger partial charge in [0.2, 0.25) is 5.91 Å². The molecule has 23 heavy (non-hydrogen) atoms. The maximum atomic E-state index is 12.7. The van der Waals surface area contributed by atoms with E-state index in [2.05, 4.69) is 36.6 Å². The molecule has 0 bridgehead atoms. The van der Waals surface area contributed by atoms with Crippen LogP contribution in [0.3, 0.4) is 0 Å². The number of carbonyl (C=O) groups is 1. The van der Waals surface area contributed by atoms with E-state index < -0.39 is 0 Å². The maximum Gasteiger partial charge on any atom is 0.240 e. The van der Waals surface area contributed by atoms with Crippen LogP contribution in [0.2, 0.25) is 5.02 Å². The topological polar surface area (TPSA) is 26.8 Å². The van der Waals surface area contributed by atoms with Crippen molar-refractivity contribution in [3.63, 3.8) is 0 Å². The molecule has 1 aliphatic rings. The summed E-state index contributed by atoms with van der Waals surface area (Å²) in [5.74, 6) is 0.263. The molecule has 128 valence electrons. The lowest BCUT2D eigenvalue weighted by Gasteiger charge is -2.39. The van der Waals surface area contributed by atoms with Crippen LogP contribution in [0.15, 0.2) is 18.2 Å². The van der Waals surface area contributed by atoms with Crippen molar-refractivity contribution in [2.24, 2.45) is 0 Å². The van der Waals surface area contributed by atoms with Crippen molar-refractivity contribution >= 4 is 23.2 Å². The Bertz CT molecular complexity index is 541. The van der Waals surface area contributed by atoms with Crippen LogP contribution in [0, 0.1) is 6.92 Å². The van der Waals surface area contributed by atoms with Crippen molar-refractivity contribution in [1.29, 1.82) is 0 Å². The average Bonchev–Trinajstić information content (AvgIpc) is 2.57. The Labute approximate surface area is 145 Å². The summed E-state index contributed by atoms with van der Waals surface area (Å²) in [7, 11) is 2.03. The van der Waals surface area contributed by atoms with E-state index in [0.717, 1.165) is 44.2 Å². The number of nitrogens with zero attached hydrogens (tertiary/aromatic N) is 3. The zero-order chi connectivity index (χ0) is 17.0. The molecule has 2 rings (SSSR count). The maximum absolute atomic E-state index is 12.7. The summed E-state index contributed by atoms with van der Waals surface area (Å²) < 4.78 is 0. The fourth-order valence-corrected chi connectivity index (χ4v) is 3.36. The van der Waals surface area contributed by atoms with Crippen molar-refractivity contribution in [3.8, 4) is 0 Å². The molecule has 1 aromatic rings. The summed E-state index contributed by atoms with van der Waals surface area (Å²) in [5, 5.41) is 0.764. The first-order valence-corrected chi connectivity index (χ1v) is 8.85. The minimum Gasteiger partial charge on any atom is -0.368 e. The van der Waals surface area contributed by atoms with Crippen molar-refractivity contribution in [3.05, 3.63) is 28.8 Å². The lowest BCUT2D eigenvalue weighted by Crippen LogP contribution is -2.54. The van der Waals surface area contributed by atoms with Gasteiger partial charge in [-0.1, -0.05) is 31.5 Å². The molecule has 0 saturated carbocycles. The highest BCUT2D eigenvalue weighted by atomic mass is 35.5. The first kappa shape index (κ1) is 18.1. The first-order chi connectivity index (χ1) is 11.0. The SMILES string of the molecule is CCC(C(=O)N1CCN(c2cc(Cl)ccc2C)CC1)N(C)CC. The molecule has 4 nitrogen and oxygen atoms in total. The normalized spacial score (nSPS) is 16.8. The number of piperazine rings is 1. The lowest BCUT2D eigenvalue weighted by atomic mass is 10.1. The summed E-state index contributed by atoms with van der Waals surface area (Å²) in [5.41, 5.74) is 2.41. The van der Waals surface area contributed by atoms with Gasteiger partial charge in [0.05, 0.1) is 6.04 Å². The van der Waals surface area contributed by atoms with E-state index in [-0.39, 0.29) is 11.9 Å². The van der Waals surface area contributed by atoms with Crippen molar-refractivity contribution in [1.82, 2.24) is 9.80 Å². The number of halogens is 1. The second-order valence-corrected chi connectivity index (χ2v) is 6.68. The van der Waals surface area contributed by atoms with Crippen LogP contribution in [-0.2, 0) is 4.79 Å². The first-order valence-electron chi connectivity index (χ1n) is 8.48. The van der Waals surface area contributed by atoms with Crippen LogP contribution in [-0.4, -0.2) is 61.5 Å². The van der Waals surface area contributed by atoms with E-state index >= 15 is 0 Å². The molecule has 0 aromatic heterocycles. The molecule has 0 N–H and O–H groups in total. The molecule has 1 amide bonds. The third kappa shape index (κ3) is 4.18. The van der Waals surface area contributed by atoms with Gasteiger partial charge < -0.3 is 9.80 Å². The van der Waals surface area contributed by atoms with E-state index in [1.54, 1.807) is 0 Å². The zero-order valence-electron chi connectivity index (χ0n) is 14.7. The highest BCUT2D eigenvalue weighted by Gasteiger charge is 2.28. The van der Waals surface area contributed by atoms with Gasteiger partial charge in [-0.05, 0) is 44.6 Å².